The lowest BCUT2D eigenvalue weighted by molar-refractivity contribution is 0.395. The molecule has 4 rings (SSSR count). The summed E-state index contributed by atoms with van der Waals surface area (Å²) in [7, 11) is -2.67. The van der Waals surface area contributed by atoms with Gasteiger partial charge in [-0.05, 0) is 92.8 Å². The van der Waals surface area contributed by atoms with Gasteiger partial charge in [0.05, 0.1) is 17.3 Å². The van der Waals surface area contributed by atoms with Crippen LogP contribution in [0.15, 0.2) is 68.9 Å². The Bertz CT molecular complexity index is 1430. The van der Waals surface area contributed by atoms with Crippen LogP contribution in [0.1, 0.15) is 65.2 Å². The number of furan rings is 1. The second-order valence-corrected chi connectivity index (χ2v) is 16.5. The molecule has 2 atom stereocenters. The molecule has 1 aliphatic heterocycles. The Balaban J connectivity index is 1.57. The summed E-state index contributed by atoms with van der Waals surface area (Å²) in [6.45, 7) is 21.4. The molecule has 9 heteroatoms. The fraction of sp³-hybridized carbons (Fsp3) is 0.355. The van der Waals surface area contributed by atoms with Crippen LogP contribution >= 0.6 is 61.9 Å². The molecule has 0 saturated carbocycles. The van der Waals surface area contributed by atoms with E-state index in [1.807, 2.05) is 55.2 Å². The van der Waals surface area contributed by atoms with Crippen LogP contribution in [-0.2, 0) is 20.6 Å². The van der Waals surface area contributed by atoms with Crippen molar-refractivity contribution in [3.63, 3.8) is 0 Å². The van der Waals surface area contributed by atoms with E-state index in [1.165, 1.54) is 5.56 Å². The van der Waals surface area contributed by atoms with Gasteiger partial charge in [-0.2, -0.15) is 0 Å². The lowest BCUT2D eigenvalue weighted by Crippen LogP contribution is -2.14. The first-order valence-electron chi connectivity index (χ1n) is 13.0. The Morgan fingerprint density at radius 3 is 2.35 bits per heavy atom. The number of para-hydroxylation sites is 2. The molecule has 5 nitrogen and oxygen atoms in total. The standard InChI is InChI=1S/C31H36I2O5P2/c1-19(30(3,4)5)28(32)34-20(2)21-14-10-12-16-24(21)36-39(9)38-40-18-23-26(31(6,7)8)29(33)35-27(23)22-15-11-13-17-25(22)37-40/h10-17H,2,18H2,1,3-9H3/b28-19+. The highest BCUT2D eigenvalue weighted by atomic mass is 127. The average Bonchev–Trinajstić information content (AvgIpc) is 3.11. The Kier molecular flexibility index (Phi) is 10.0. The van der Waals surface area contributed by atoms with Gasteiger partial charge in [0.25, 0.3) is 0 Å². The van der Waals surface area contributed by atoms with E-state index < -0.39 is 16.8 Å². The van der Waals surface area contributed by atoms with E-state index in [4.69, 9.17) is 22.5 Å². The molecule has 0 aliphatic carbocycles. The minimum atomic E-state index is -1.34. The summed E-state index contributed by atoms with van der Waals surface area (Å²) in [4.78, 5) is 0. The molecule has 0 spiro atoms. The van der Waals surface area contributed by atoms with Gasteiger partial charge in [0.15, 0.2) is 7.53 Å². The summed E-state index contributed by atoms with van der Waals surface area (Å²) < 4.78 is 33.6. The van der Waals surface area contributed by atoms with Gasteiger partial charge in [-0.3, -0.25) is 4.31 Å². The molecule has 0 bridgehead atoms. The van der Waals surface area contributed by atoms with E-state index in [0.29, 0.717) is 17.7 Å². The minimum Gasteiger partial charge on any atom is -0.451 e. The van der Waals surface area contributed by atoms with Crippen LogP contribution in [-0.4, -0.2) is 6.66 Å². The number of allylic oxidation sites excluding steroid dienone is 1. The lowest BCUT2D eigenvalue weighted by atomic mass is 9.85. The van der Waals surface area contributed by atoms with Crippen molar-refractivity contribution < 1.29 is 22.5 Å². The molecule has 2 unspecified atom stereocenters. The van der Waals surface area contributed by atoms with E-state index >= 15 is 0 Å². The molecule has 2 heterocycles. The average molecular weight is 804 g/mol. The first kappa shape index (κ1) is 31.8. The minimum absolute atomic E-state index is 0.00232. The van der Waals surface area contributed by atoms with Gasteiger partial charge in [-0.15, -0.1) is 0 Å². The SMILES string of the molecule is C=C(O/C(I)=C(\C)C(C)(C)C)c1ccccc1OP(C)OP1Cc2c(oc(I)c2C(C)(C)C)-c2ccccc2O1. The summed E-state index contributed by atoms with van der Waals surface area (Å²) in [6.07, 6.45) is 0.612. The molecule has 0 amide bonds. The molecule has 1 aliphatic rings. The van der Waals surface area contributed by atoms with E-state index in [0.717, 1.165) is 41.3 Å². The monoisotopic (exact) mass is 804 g/mol. The third-order valence-corrected chi connectivity index (χ3v) is 11.5. The number of ether oxygens (including phenoxy) is 1. The molecular weight excluding hydrogens is 768 g/mol. The lowest BCUT2D eigenvalue weighted by Gasteiger charge is -2.24. The summed E-state index contributed by atoms with van der Waals surface area (Å²) >= 11 is 4.54. The fourth-order valence-corrected chi connectivity index (χ4v) is 9.59. The largest absolute Gasteiger partial charge is 0.451 e. The molecule has 0 saturated heterocycles. The zero-order chi connectivity index (χ0) is 29.4. The normalized spacial score (nSPS) is 16.6. The Hall–Kier alpha value is -1.12. The van der Waals surface area contributed by atoms with E-state index in [2.05, 4.69) is 100 Å². The van der Waals surface area contributed by atoms with Crippen molar-refractivity contribution in [3.05, 3.63) is 84.9 Å². The maximum Gasteiger partial charge on any atom is 0.241 e. The highest BCUT2D eigenvalue weighted by Gasteiger charge is 2.35. The zero-order valence-electron chi connectivity index (χ0n) is 24.2. The maximum absolute atomic E-state index is 6.52. The van der Waals surface area contributed by atoms with Gasteiger partial charge in [-0.1, -0.05) is 72.4 Å². The molecule has 1 aromatic heterocycles. The van der Waals surface area contributed by atoms with Crippen molar-refractivity contribution in [2.24, 2.45) is 5.41 Å². The van der Waals surface area contributed by atoms with Gasteiger partial charge in [-0.25, -0.2) is 0 Å². The van der Waals surface area contributed by atoms with Crippen LogP contribution in [0.4, 0.5) is 0 Å². The van der Waals surface area contributed by atoms with Gasteiger partial charge in [0, 0.05) is 17.8 Å². The Labute approximate surface area is 268 Å². The van der Waals surface area contributed by atoms with Crippen LogP contribution in [0.2, 0.25) is 0 Å². The van der Waals surface area contributed by atoms with E-state index in [1.54, 1.807) is 0 Å². The Morgan fingerprint density at radius 1 is 1.02 bits per heavy atom. The number of hydrogen-bond donors (Lipinski definition) is 0. The van der Waals surface area contributed by atoms with Crippen molar-refractivity contribution in [1.29, 1.82) is 0 Å². The van der Waals surface area contributed by atoms with Crippen LogP contribution in [0.3, 0.4) is 0 Å². The van der Waals surface area contributed by atoms with Crippen molar-refractivity contribution in [3.8, 4) is 22.8 Å². The van der Waals surface area contributed by atoms with Gasteiger partial charge in [0.1, 0.15) is 23.0 Å². The molecule has 214 valence electrons. The number of benzene rings is 2. The van der Waals surface area contributed by atoms with Crippen molar-refractivity contribution in [1.82, 2.24) is 0 Å². The number of halogens is 2. The quantitative estimate of drug-likeness (QED) is 0.135. The summed E-state index contributed by atoms with van der Waals surface area (Å²) in [5.74, 6) is 2.83. The van der Waals surface area contributed by atoms with Crippen LogP contribution in [0, 0.1) is 9.18 Å². The van der Waals surface area contributed by atoms with E-state index in [-0.39, 0.29) is 10.8 Å². The molecule has 0 radical (unpaired) electrons. The fourth-order valence-electron chi connectivity index (χ4n) is 4.20. The molecule has 2 aromatic carbocycles. The zero-order valence-corrected chi connectivity index (χ0v) is 30.3. The van der Waals surface area contributed by atoms with Gasteiger partial charge >= 0.3 is 0 Å². The second kappa shape index (κ2) is 12.6. The predicted molar refractivity (Wildman–Crippen MR) is 184 cm³/mol. The van der Waals surface area contributed by atoms with Gasteiger partial charge < -0.3 is 18.2 Å². The topological polar surface area (TPSA) is 50.1 Å². The summed E-state index contributed by atoms with van der Waals surface area (Å²) in [5, 5.41) is 0. The van der Waals surface area contributed by atoms with E-state index in [9.17, 15) is 0 Å². The summed E-state index contributed by atoms with van der Waals surface area (Å²) in [5.41, 5.74) is 5.16. The molecule has 0 N–H and O–H groups in total. The first-order valence-corrected chi connectivity index (χ1v) is 18.1. The third-order valence-electron chi connectivity index (χ3n) is 6.59. The van der Waals surface area contributed by atoms with Crippen molar-refractivity contribution in [2.45, 2.75) is 60.0 Å². The second-order valence-electron chi connectivity index (χ2n) is 11.7. The molecular formula is C31H36I2O5P2. The number of fused-ring (bicyclic) bond motifs is 3. The van der Waals surface area contributed by atoms with Crippen molar-refractivity contribution >= 4 is 67.7 Å². The van der Waals surface area contributed by atoms with Crippen LogP contribution < -0.4 is 9.05 Å². The smallest absolute Gasteiger partial charge is 0.241 e. The number of rotatable bonds is 7. The molecule has 0 fully saturated rings. The predicted octanol–water partition coefficient (Wildman–Crippen LogP) is 11.8. The molecule has 3 aromatic rings. The summed E-state index contributed by atoms with van der Waals surface area (Å²) in [6, 6.07) is 15.8. The highest BCUT2D eigenvalue weighted by Crippen LogP contribution is 2.60. The maximum atomic E-state index is 6.52. The van der Waals surface area contributed by atoms with Crippen LogP contribution in [0.25, 0.3) is 17.1 Å². The number of hydrogen-bond acceptors (Lipinski definition) is 5. The third kappa shape index (κ3) is 7.26. The van der Waals surface area contributed by atoms with Crippen LogP contribution in [0.5, 0.6) is 11.5 Å². The highest BCUT2D eigenvalue weighted by molar-refractivity contribution is 14.1. The van der Waals surface area contributed by atoms with Gasteiger partial charge in [0.2, 0.25) is 16.8 Å². The first-order chi connectivity index (χ1) is 18.7. The Morgan fingerprint density at radius 2 is 1.68 bits per heavy atom. The molecule has 40 heavy (non-hydrogen) atoms. The van der Waals surface area contributed by atoms with Crippen molar-refractivity contribution in [2.75, 3.05) is 6.66 Å².